The molecular formula is C3H10N2O. The van der Waals surface area contributed by atoms with Crippen LogP contribution in [0.2, 0.25) is 0 Å². The first-order chi connectivity index (χ1) is 2.64. The molecule has 0 bridgehead atoms. The van der Waals surface area contributed by atoms with Crippen molar-refractivity contribution in [1.82, 2.24) is 5.01 Å². The first kappa shape index (κ1) is 5.88. The largest absolute Gasteiger partial charge is 0.377 e. The second kappa shape index (κ2) is 2.12. The maximum Gasteiger partial charge on any atom is 0.116 e. The number of hydrogen-bond acceptors (Lipinski definition) is 3. The molecule has 0 saturated heterocycles. The Bertz CT molecular complexity index is 29.8. The van der Waals surface area contributed by atoms with Gasteiger partial charge in [0.05, 0.1) is 0 Å². The summed E-state index contributed by atoms with van der Waals surface area (Å²) in [5, 5.41) is 9.65. The Morgan fingerprint density at radius 3 is 2.00 bits per heavy atom. The summed E-state index contributed by atoms with van der Waals surface area (Å²) in [4.78, 5) is 0. The molecule has 3 N–H and O–H groups in total. The molecule has 3 nitrogen and oxygen atoms in total. The van der Waals surface area contributed by atoms with Gasteiger partial charge in [0, 0.05) is 7.05 Å². The van der Waals surface area contributed by atoms with E-state index in [4.69, 9.17) is 10.9 Å². The highest BCUT2D eigenvalue weighted by Gasteiger charge is 1.92. The topological polar surface area (TPSA) is 49.5 Å². The second-order valence-corrected chi connectivity index (χ2v) is 1.30. The summed E-state index contributed by atoms with van der Waals surface area (Å²) in [6.45, 7) is 1.60. The highest BCUT2D eigenvalue weighted by atomic mass is 16.3. The van der Waals surface area contributed by atoms with Gasteiger partial charge >= 0.3 is 0 Å². The zero-order valence-corrected chi connectivity index (χ0v) is 4.05. The van der Waals surface area contributed by atoms with Crippen molar-refractivity contribution in [3.05, 3.63) is 0 Å². The van der Waals surface area contributed by atoms with Gasteiger partial charge in [0.1, 0.15) is 6.23 Å². The van der Waals surface area contributed by atoms with Crippen LogP contribution >= 0.6 is 0 Å². The number of aliphatic hydroxyl groups is 1. The predicted octanol–water partition coefficient (Wildman–Crippen LogP) is -0.870. The standard InChI is InChI=1S/C3H10N2O/c1-3(6)5(2)4/h3,6H,4H2,1-2H3. The summed E-state index contributed by atoms with van der Waals surface area (Å²) < 4.78 is 0. The number of rotatable bonds is 1. The van der Waals surface area contributed by atoms with Crippen molar-refractivity contribution < 1.29 is 5.11 Å². The first-order valence-corrected chi connectivity index (χ1v) is 1.80. The molecule has 1 atom stereocenters. The van der Waals surface area contributed by atoms with Gasteiger partial charge in [-0.1, -0.05) is 0 Å². The van der Waals surface area contributed by atoms with Gasteiger partial charge in [0.25, 0.3) is 0 Å². The molecule has 0 radical (unpaired) electrons. The molecule has 3 heteroatoms. The fourth-order valence-electron chi connectivity index (χ4n) is 0. The Labute approximate surface area is 37.3 Å². The number of nitrogens with zero attached hydrogens (tertiary/aromatic N) is 1. The van der Waals surface area contributed by atoms with Gasteiger partial charge in [0.15, 0.2) is 0 Å². The van der Waals surface area contributed by atoms with E-state index in [9.17, 15) is 0 Å². The third-order valence-corrected chi connectivity index (χ3v) is 0.589. The SMILES string of the molecule is CC(O)N(C)N. The third kappa shape index (κ3) is 2.14. The lowest BCUT2D eigenvalue weighted by Gasteiger charge is -2.10. The van der Waals surface area contributed by atoms with E-state index >= 15 is 0 Å². The fourth-order valence-corrected chi connectivity index (χ4v) is 0. The van der Waals surface area contributed by atoms with Gasteiger partial charge in [-0.05, 0) is 6.92 Å². The lowest BCUT2D eigenvalue weighted by Crippen LogP contribution is -2.34. The van der Waals surface area contributed by atoms with Crippen molar-refractivity contribution >= 4 is 0 Å². The molecule has 0 aromatic rings. The minimum atomic E-state index is -0.537. The molecule has 0 fully saturated rings. The molecule has 0 aliphatic carbocycles. The zero-order valence-electron chi connectivity index (χ0n) is 4.05. The van der Waals surface area contributed by atoms with Crippen molar-refractivity contribution in [2.75, 3.05) is 7.05 Å². The van der Waals surface area contributed by atoms with E-state index in [1.54, 1.807) is 14.0 Å². The molecule has 0 aromatic heterocycles. The lowest BCUT2D eigenvalue weighted by molar-refractivity contribution is 0.0383. The monoisotopic (exact) mass is 90.1 g/mol. The summed E-state index contributed by atoms with van der Waals surface area (Å²) in [5.41, 5.74) is 0. The molecule has 6 heavy (non-hydrogen) atoms. The quantitative estimate of drug-likeness (QED) is 0.250. The van der Waals surface area contributed by atoms with Crippen LogP contribution in [0.1, 0.15) is 6.92 Å². The third-order valence-electron chi connectivity index (χ3n) is 0.589. The normalized spacial score (nSPS) is 15.5. The predicted molar refractivity (Wildman–Crippen MR) is 23.6 cm³/mol. The Kier molecular flexibility index (Phi) is 2.08. The van der Waals surface area contributed by atoms with E-state index in [0.717, 1.165) is 0 Å². The van der Waals surface area contributed by atoms with Gasteiger partial charge < -0.3 is 5.11 Å². The van der Waals surface area contributed by atoms with Crippen LogP contribution in [0.15, 0.2) is 0 Å². The van der Waals surface area contributed by atoms with E-state index in [1.165, 1.54) is 5.01 Å². The summed E-state index contributed by atoms with van der Waals surface area (Å²) in [6, 6.07) is 0. The molecule has 38 valence electrons. The average Bonchev–Trinajstić information content (AvgIpc) is 1.36. The maximum absolute atomic E-state index is 8.43. The smallest absolute Gasteiger partial charge is 0.116 e. The van der Waals surface area contributed by atoms with Crippen LogP contribution < -0.4 is 5.84 Å². The van der Waals surface area contributed by atoms with Gasteiger partial charge in [0.2, 0.25) is 0 Å². The summed E-state index contributed by atoms with van der Waals surface area (Å²) in [5.74, 6) is 5.02. The summed E-state index contributed by atoms with van der Waals surface area (Å²) >= 11 is 0. The van der Waals surface area contributed by atoms with E-state index in [1.807, 2.05) is 0 Å². The molecular weight excluding hydrogens is 80.0 g/mol. The summed E-state index contributed by atoms with van der Waals surface area (Å²) in [6.07, 6.45) is -0.537. The molecule has 0 amide bonds. The second-order valence-electron chi connectivity index (χ2n) is 1.30. The highest BCUT2D eigenvalue weighted by molar-refractivity contribution is 4.32. The number of aliphatic hydroxyl groups excluding tert-OH is 1. The molecule has 1 unspecified atom stereocenters. The molecule has 0 spiro atoms. The molecule has 0 aromatic carbocycles. The van der Waals surface area contributed by atoms with Crippen LogP contribution in [0, 0.1) is 0 Å². The molecule has 0 aliphatic heterocycles. The number of nitrogens with two attached hydrogens (primary N) is 1. The molecule has 0 rings (SSSR count). The minimum Gasteiger partial charge on any atom is -0.377 e. The maximum atomic E-state index is 8.43. The van der Waals surface area contributed by atoms with Crippen LogP contribution in [-0.4, -0.2) is 23.4 Å². The number of hydrogen-bond donors (Lipinski definition) is 2. The number of hydrazine groups is 1. The van der Waals surface area contributed by atoms with Gasteiger partial charge in [-0.15, -0.1) is 0 Å². The van der Waals surface area contributed by atoms with Gasteiger partial charge in [-0.25, -0.2) is 5.01 Å². The minimum absolute atomic E-state index is 0.537. The van der Waals surface area contributed by atoms with E-state index in [-0.39, 0.29) is 0 Å². The van der Waals surface area contributed by atoms with Gasteiger partial charge in [-0.2, -0.15) is 0 Å². The van der Waals surface area contributed by atoms with Crippen molar-refractivity contribution in [1.29, 1.82) is 0 Å². The van der Waals surface area contributed by atoms with Crippen LogP contribution in [0.25, 0.3) is 0 Å². The molecule has 0 saturated carbocycles. The Balaban J connectivity index is 2.99. The van der Waals surface area contributed by atoms with Crippen molar-refractivity contribution in [3.8, 4) is 0 Å². The average molecular weight is 90.1 g/mol. The van der Waals surface area contributed by atoms with Crippen molar-refractivity contribution in [2.24, 2.45) is 5.84 Å². The Morgan fingerprint density at radius 1 is 1.83 bits per heavy atom. The van der Waals surface area contributed by atoms with Crippen LogP contribution in [-0.2, 0) is 0 Å². The lowest BCUT2D eigenvalue weighted by atomic mass is 10.7. The molecule has 0 heterocycles. The van der Waals surface area contributed by atoms with E-state index in [0.29, 0.717) is 0 Å². The van der Waals surface area contributed by atoms with Gasteiger partial charge in [-0.3, -0.25) is 5.84 Å². The highest BCUT2D eigenvalue weighted by Crippen LogP contribution is 1.75. The summed E-state index contributed by atoms with van der Waals surface area (Å²) in [7, 11) is 1.60. The van der Waals surface area contributed by atoms with Crippen molar-refractivity contribution in [3.63, 3.8) is 0 Å². The van der Waals surface area contributed by atoms with E-state index in [2.05, 4.69) is 0 Å². The molecule has 0 aliphatic rings. The van der Waals surface area contributed by atoms with Crippen molar-refractivity contribution in [2.45, 2.75) is 13.2 Å². The Morgan fingerprint density at radius 2 is 2.00 bits per heavy atom. The fraction of sp³-hybridized carbons (Fsp3) is 1.00. The van der Waals surface area contributed by atoms with E-state index < -0.39 is 6.23 Å². The first-order valence-electron chi connectivity index (χ1n) is 1.80. The Hall–Kier alpha value is -0.120. The van der Waals surface area contributed by atoms with Crippen LogP contribution in [0.3, 0.4) is 0 Å². The van der Waals surface area contributed by atoms with Crippen LogP contribution in [0.5, 0.6) is 0 Å². The van der Waals surface area contributed by atoms with Crippen LogP contribution in [0.4, 0.5) is 0 Å². The zero-order chi connectivity index (χ0) is 5.15.